The SMILES string of the molecule is NCC1CC(=O)N(C2CCN(C3CCCC3)C2)C1. The van der Waals surface area contributed by atoms with Gasteiger partial charge in [0.1, 0.15) is 0 Å². The molecule has 2 N–H and O–H groups in total. The van der Waals surface area contributed by atoms with Crippen LogP contribution in [0.4, 0.5) is 0 Å². The Bertz CT molecular complexity index is 314. The van der Waals surface area contributed by atoms with E-state index in [9.17, 15) is 4.79 Å². The Labute approximate surface area is 109 Å². The Morgan fingerprint density at radius 2 is 1.89 bits per heavy atom. The third-order valence-corrected chi connectivity index (χ3v) is 5.05. The highest BCUT2D eigenvalue weighted by Gasteiger charge is 2.38. The van der Waals surface area contributed by atoms with Crippen LogP contribution in [-0.2, 0) is 4.79 Å². The molecule has 0 aromatic rings. The number of rotatable bonds is 3. The van der Waals surface area contributed by atoms with Crippen molar-refractivity contribution in [3.63, 3.8) is 0 Å². The smallest absolute Gasteiger partial charge is 0.223 e. The lowest BCUT2D eigenvalue weighted by atomic mass is 10.1. The van der Waals surface area contributed by atoms with Crippen molar-refractivity contribution in [2.24, 2.45) is 11.7 Å². The number of likely N-dealkylation sites (tertiary alicyclic amines) is 2. The van der Waals surface area contributed by atoms with Crippen LogP contribution in [0, 0.1) is 5.92 Å². The zero-order chi connectivity index (χ0) is 12.5. The largest absolute Gasteiger partial charge is 0.338 e. The molecule has 3 aliphatic rings. The molecular formula is C14H25N3O. The van der Waals surface area contributed by atoms with Crippen molar-refractivity contribution in [1.29, 1.82) is 0 Å². The fourth-order valence-corrected chi connectivity index (χ4v) is 3.94. The third kappa shape index (κ3) is 2.28. The summed E-state index contributed by atoms with van der Waals surface area (Å²) in [6.07, 6.45) is 7.36. The third-order valence-electron chi connectivity index (χ3n) is 5.05. The topological polar surface area (TPSA) is 49.6 Å². The molecule has 2 aliphatic heterocycles. The van der Waals surface area contributed by atoms with E-state index in [-0.39, 0.29) is 0 Å². The molecular weight excluding hydrogens is 226 g/mol. The average Bonchev–Trinajstić information content (AvgIpc) is 3.08. The molecule has 2 saturated heterocycles. The highest BCUT2D eigenvalue weighted by molar-refractivity contribution is 5.79. The van der Waals surface area contributed by atoms with Gasteiger partial charge in [-0.2, -0.15) is 0 Å². The zero-order valence-electron chi connectivity index (χ0n) is 11.2. The van der Waals surface area contributed by atoms with Gasteiger partial charge in [0, 0.05) is 38.1 Å². The summed E-state index contributed by atoms with van der Waals surface area (Å²) in [7, 11) is 0. The fraction of sp³-hybridized carbons (Fsp3) is 0.929. The van der Waals surface area contributed by atoms with E-state index in [1.807, 2.05) is 0 Å². The van der Waals surface area contributed by atoms with Crippen LogP contribution in [0.5, 0.6) is 0 Å². The maximum absolute atomic E-state index is 12.0. The number of carbonyl (C=O) groups is 1. The monoisotopic (exact) mass is 251 g/mol. The summed E-state index contributed by atoms with van der Waals surface area (Å²) in [6, 6.07) is 1.27. The van der Waals surface area contributed by atoms with Gasteiger partial charge in [-0.05, 0) is 31.7 Å². The number of carbonyl (C=O) groups excluding carboxylic acids is 1. The second kappa shape index (κ2) is 5.17. The van der Waals surface area contributed by atoms with Crippen molar-refractivity contribution in [2.75, 3.05) is 26.2 Å². The van der Waals surface area contributed by atoms with Crippen LogP contribution < -0.4 is 5.73 Å². The molecule has 4 nitrogen and oxygen atoms in total. The maximum Gasteiger partial charge on any atom is 0.223 e. The van der Waals surface area contributed by atoms with Crippen molar-refractivity contribution in [2.45, 2.75) is 50.6 Å². The van der Waals surface area contributed by atoms with Gasteiger partial charge in [-0.3, -0.25) is 9.69 Å². The summed E-state index contributed by atoms with van der Waals surface area (Å²) in [6.45, 7) is 3.85. The summed E-state index contributed by atoms with van der Waals surface area (Å²) in [5.41, 5.74) is 5.69. The van der Waals surface area contributed by atoms with Crippen LogP contribution in [0.3, 0.4) is 0 Å². The maximum atomic E-state index is 12.0. The highest BCUT2D eigenvalue weighted by atomic mass is 16.2. The van der Waals surface area contributed by atoms with Gasteiger partial charge in [-0.15, -0.1) is 0 Å². The van der Waals surface area contributed by atoms with Crippen molar-refractivity contribution in [1.82, 2.24) is 9.80 Å². The molecule has 3 fully saturated rings. The van der Waals surface area contributed by atoms with Crippen molar-refractivity contribution >= 4 is 5.91 Å². The molecule has 0 bridgehead atoms. The van der Waals surface area contributed by atoms with Gasteiger partial charge in [0.15, 0.2) is 0 Å². The molecule has 1 saturated carbocycles. The van der Waals surface area contributed by atoms with Gasteiger partial charge in [0.25, 0.3) is 0 Å². The molecule has 4 heteroatoms. The molecule has 0 radical (unpaired) electrons. The van der Waals surface area contributed by atoms with Gasteiger partial charge < -0.3 is 10.6 Å². The Morgan fingerprint density at radius 1 is 1.11 bits per heavy atom. The molecule has 1 aliphatic carbocycles. The minimum absolute atomic E-state index is 0.337. The van der Waals surface area contributed by atoms with Gasteiger partial charge in [-0.25, -0.2) is 0 Å². The molecule has 1 amide bonds. The summed E-state index contributed by atoms with van der Waals surface area (Å²) in [5.74, 6) is 0.738. The second-order valence-corrected chi connectivity index (χ2v) is 6.23. The molecule has 2 heterocycles. The average molecular weight is 251 g/mol. The number of hydrogen-bond acceptors (Lipinski definition) is 3. The molecule has 2 atom stereocenters. The van der Waals surface area contributed by atoms with E-state index in [0.717, 1.165) is 19.1 Å². The van der Waals surface area contributed by atoms with Crippen molar-refractivity contribution < 1.29 is 4.79 Å². The van der Waals surface area contributed by atoms with Crippen LogP contribution in [0.2, 0.25) is 0 Å². The molecule has 18 heavy (non-hydrogen) atoms. The van der Waals surface area contributed by atoms with Crippen LogP contribution in [0.25, 0.3) is 0 Å². The van der Waals surface area contributed by atoms with Gasteiger partial charge in [0.2, 0.25) is 5.91 Å². The summed E-state index contributed by atoms with van der Waals surface area (Å²) >= 11 is 0. The molecule has 3 rings (SSSR count). The van der Waals surface area contributed by atoms with E-state index < -0.39 is 0 Å². The van der Waals surface area contributed by atoms with Crippen LogP contribution in [-0.4, -0.2) is 54.0 Å². The van der Waals surface area contributed by atoms with Gasteiger partial charge in [0.05, 0.1) is 0 Å². The lowest BCUT2D eigenvalue weighted by Crippen LogP contribution is -2.40. The first kappa shape index (κ1) is 12.4. The highest BCUT2D eigenvalue weighted by Crippen LogP contribution is 2.30. The fourth-order valence-electron chi connectivity index (χ4n) is 3.94. The predicted octanol–water partition coefficient (Wildman–Crippen LogP) is 0.810. The van der Waals surface area contributed by atoms with Crippen LogP contribution in [0.15, 0.2) is 0 Å². The normalized spacial score (nSPS) is 34.9. The molecule has 0 aromatic heterocycles. The Hall–Kier alpha value is -0.610. The van der Waals surface area contributed by atoms with E-state index in [1.54, 1.807) is 0 Å². The summed E-state index contributed by atoms with van der Waals surface area (Å²) in [4.78, 5) is 16.8. The summed E-state index contributed by atoms with van der Waals surface area (Å²) < 4.78 is 0. The Balaban J connectivity index is 1.56. The predicted molar refractivity (Wildman–Crippen MR) is 71.1 cm³/mol. The first-order valence-corrected chi connectivity index (χ1v) is 7.51. The lowest BCUT2D eigenvalue weighted by Gasteiger charge is -2.27. The molecule has 102 valence electrons. The van der Waals surface area contributed by atoms with E-state index in [1.165, 1.54) is 38.6 Å². The minimum Gasteiger partial charge on any atom is -0.338 e. The van der Waals surface area contributed by atoms with Crippen LogP contribution in [0.1, 0.15) is 38.5 Å². The number of amides is 1. The standard InChI is InChI=1S/C14H25N3O/c15-8-11-7-14(18)17(9-11)13-5-6-16(10-13)12-3-1-2-4-12/h11-13H,1-10,15H2. The number of nitrogens with zero attached hydrogens (tertiary/aromatic N) is 2. The van der Waals surface area contributed by atoms with E-state index in [4.69, 9.17) is 5.73 Å². The first-order chi connectivity index (χ1) is 8.78. The van der Waals surface area contributed by atoms with E-state index in [0.29, 0.717) is 30.8 Å². The Morgan fingerprint density at radius 3 is 2.56 bits per heavy atom. The Kier molecular flexibility index (Phi) is 3.57. The molecule has 2 unspecified atom stereocenters. The minimum atomic E-state index is 0.337. The van der Waals surface area contributed by atoms with E-state index in [2.05, 4.69) is 9.80 Å². The van der Waals surface area contributed by atoms with Crippen molar-refractivity contribution in [3.05, 3.63) is 0 Å². The number of hydrogen-bond donors (Lipinski definition) is 1. The summed E-state index contributed by atoms with van der Waals surface area (Å²) in [5, 5.41) is 0. The lowest BCUT2D eigenvalue weighted by molar-refractivity contribution is -0.129. The number of nitrogens with two attached hydrogens (primary N) is 1. The van der Waals surface area contributed by atoms with Gasteiger partial charge >= 0.3 is 0 Å². The second-order valence-electron chi connectivity index (χ2n) is 6.23. The zero-order valence-corrected chi connectivity index (χ0v) is 11.2. The quantitative estimate of drug-likeness (QED) is 0.807. The van der Waals surface area contributed by atoms with E-state index >= 15 is 0 Å². The van der Waals surface area contributed by atoms with Gasteiger partial charge in [-0.1, -0.05) is 12.8 Å². The molecule has 0 aromatic carbocycles. The van der Waals surface area contributed by atoms with Crippen molar-refractivity contribution in [3.8, 4) is 0 Å². The molecule has 0 spiro atoms. The first-order valence-electron chi connectivity index (χ1n) is 7.51. The van der Waals surface area contributed by atoms with Crippen LogP contribution >= 0.6 is 0 Å².